The number of esters is 1. The van der Waals surface area contributed by atoms with Gasteiger partial charge in [-0.1, -0.05) is 18.2 Å². The lowest BCUT2D eigenvalue weighted by molar-refractivity contribution is -0.135. The van der Waals surface area contributed by atoms with E-state index in [4.69, 9.17) is 37.9 Å². The summed E-state index contributed by atoms with van der Waals surface area (Å²) in [5.41, 5.74) is 4.70. The molecule has 1 unspecified atom stereocenters. The Hall–Kier alpha value is -5.64. The van der Waals surface area contributed by atoms with Gasteiger partial charge in [0, 0.05) is 29.9 Å². The predicted molar refractivity (Wildman–Crippen MR) is 175 cm³/mol. The molecule has 0 spiro atoms. The number of ketones is 1. The maximum atomic E-state index is 13.7. The van der Waals surface area contributed by atoms with Crippen molar-refractivity contribution in [1.29, 1.82) is 0 Å². The molecule has 0 radical (unpaired) electrons. The number of allylic oxidation sites excluding steroid dienone is 1. The summed E-state index contributed by atoms with van der Waals surface area (Å²) >= 11 is 0. The Labute approximate surface area is 277 Å². The van der Waals surface area contributed by atoms with Gasteiger partial charge < -0.3 is 37.9 Å². The van der Waals surface area contributed by atoms with Crippen LogP contribution < -0.4 is 37.9 Å². The quantitative estimate of drug-likeness (QED) is 0.110. The molecule has 246 valence electrons. The highest BCUT2D eigenvalue weighted by Gasteiger charge is 2.39. The summed E-state index contributed by atoms with van der Waals surface area (Å²) in [5, 5.41) is 0. The van der Waals surface area contributed by atoms with E-state index in [1.165, 1.54) is 26.9 Å². The number of hydrogen-bond acceptors (Lipinski definition) is 10. The second-order valence-electron chi connectivity index (χ2n) is 11.5. The fourth-order valence-corrected chi connectivity index (χ4v) is 6.47. The summed E-state index contributed by atoms with van der Waals surface area (Å²) in [5.74, 6) is 2.94. The normalized spacial score (nSPS) is 16.7. The topological polar surface area (TPSA) is 108 Å². The van der Waals surface area contributed by atoms with Gasteiger partial charge in [-0.15, -0.1) is 0 Å². The van der Waals surface area contributed by atoms with Crippen molar-refractivity contribution in [2.45, 2.75) is 25.2 Å². The zero-order valence-electron chi connectivity index (χ0n) is 27.0. The second kappa shape index (κ2) is 12.9. The number of benzene rings is 4. The van der Waals surface area contributed by atoms with E-state index in [2.05, 4.69) is 12.1 Å². The van der Waals surface area contributed by atoms with Crippen molar-refractivity contribution in [3.8, 4) is 46.0 Å². The van der Waals surface area contributed by atoms with Gasteiger partial charge >= 0.3 is 5.97 Å². The molecular formula is C38H34O10. The molecule has 0 saturated heterocycles. The first-order valence-electron chi connectivity index (χ1n) is 15.6. The van der Waals surface area contributed by atoms with Crippen LogP contribution in [0.3, 0.4) is 0 Å². The number of ether oxygens (including phenoxy) is 8. The summed E-state index contributed by atoms with van der Waals surface area (Å²) in [6.07, 6.45) is 3.26. The SMILES string of the molecule is COc1ccc(C2CC(=O)Oc3ccc4c(c32)OC(=Cc2ccc(OC)c(OC)c2OC)C4=O)cc1OCCc1ccc2c(c1)CCO2. The number of carbonyl (C=O) groups is 2. The number of Topliss-reactive ketones (excluding diaryl/α,β-unsaturated/α-hetero) is 1. The molecule has 0 amide bonds. The average Bonchev–Trinajstić information content (AvgIpc) is 3.70. The Morgan fingerprint density at radius 2 is 1.58 bits per heavy atom. The van der Waals surface area contributed by atoms with Gasteiger partial charge in [-0.05, 0) is 65.2 Å². The molecule has 7 rings (SSSR count). The van der Waals surface area contributed by atoms with E-state index in [0.29, 0.717) is 76.6 Å². The Balaban J connectivity index is 1.20. The molecule has 0 N–H and O–H groups in total. The molecule has 4 aromatic carbocycles. The minimum Gasteiger partial charge on any atom is -0.493 e. The summed E-state index contributed by atoms with van der Waals surface area (Å²) in [6, 6.07) is 18.5. The molecule has 3 aliphatic heterocycles. The highest BCUT2D eigenvalue weighted by atomic mass is 16.5. The average molecular weight is 651 g/mol. The van der Waals surface area contributed by atoms with Crippen LogP contribution in [0.5, 0.6) is 46.0 Å². The standard InChI is InChI=1S/C38H34O10/c1-41-28-10-6-22(18-31(28)46-15-13-21-5-9-27-23(17-21)14-16-45-27)26-20-33(39)47-29-12-8-25-35(40)32(48-37(25)34(26)29)19-24-7-11-30(42-2)38(44-4)36(24)43-3/h5-12,17-19,26H,13-16,20H2,1-4H3. The molecule has 4 aromatic rings. The number of carbonyl (C=O) groups excluding carboxylic acids is 2. The summed E-state index contributed by atoms with van der Waals surface area (Å²) in [7, 11) is 6.14. The fourth-order valence-electron chi connectivity index (χ4n) is 6.47. The lowest BCUT2D eigenvalue weighted by Crippen LogP contribution is -2.21. The van der Waals surface area contributed by atoms with Crippen molar-refractivity contribution in [2.24, 2.45) is 0 Å². The van der Waals surface area contributed by atoms with Crippen LogP contribution in [-0.4, -0.2) is 53.4 Å². The zero-order valence-corrected chi connectivity index (χ0v) is 27.0. The Kier molecular flexibility index (Phi) is 8.31. The largest absolute Gasteiger partial charge is 0.493 e. The molecule has 3 aliphatic rings. The highest BCUT2D eigenvalue weighted by molar-refractivity contribution is 6.15. The first kappa shape index (κ1) is 31.0. The third kappa shape index (κ3) is 5.53. The van der Waals surface area contributed by atoms with Crippen LogP contribution in [0.15, 0.2) is 66.4 Å². The third-order valence-electron chi connectivity index (χ3n) is 8.79. The van der Waals surface area contributed by atoms with E-state index >= 15 is 0 Å². The van der Waals surface area contributed by atoms with Crippen LogP contribution in [0.4, 0.5) is 0 Å². The summed E-state index contributed by atoms with van der Waals surface area (Å²) in [6.45, 7) is 1.13. The third-order valence-corrected chi connectivity index (χ3v) is 8.79. The summed E-state index contributed by atoms with van der Waals surface area (Å²) < 4.78 is 45.9. The zero-order chi connectivity index (χ0) is 33.4. The van der Waals surface area contributed by atoms with E-state index < -0.39 is 5.92 Å². The van der Waals surface area contributed by atoms with Crippen molar-refractivity contribution in [1.82, 2.24) is 0 Å². The minimum absolute atomic E-state index is 0.0481. The first-order chi connectivity index (χ1) is 23.4. The van der Waals surface area contributed by atoms with E-state index in [1.54, 1.807) is 37.5 Å². The first-order valence-corrected chi connectivity index (χ1v) is 15.6. The monoisotopic (exact) mass is 650 g/mol. The molecule has 0 aliphatic carbocycles. The molecule has 10 heteroatoms. The van der Waals surface area contributed by atoms with Crippen LogP contribution in [0.25, 0.3) is 6.08 Å². The van der Waals surface area contributed by atoms with Gasteiger partial charge in [0.1, 0.15) is 17.2 Å². The lowest BCUT2D eigenvalue weighted by Gasteiger charge is -2.27. The van der Waals surface area contributed by atoms with E-state index in [1.807, 2.05) is 24.3 Å². The van der Waals surface area contributed by atoms with Crippen molar-refractivity contribution in [3.05, 3.63) is 99.8 Å². The van der Waals surface area contributed by atoms with Crippen molar-refractivity contribution < 1.29 is 47.5 Å². The van der Waals surface area contributed by atoms with Crippen molar-refractivity contribution >= 4 is 17.8 Å². The molecule has 0 fully saturated rings. The van der Waals surface area contributed by atoms with Crippen molar-refractivity contribution in [3.63, 3.8) is 0 Å². The molecule has 10 nitrogen and oxygen atoms in total. The van der Waals surface area contributed by atoms with Gasteiger partial charge in [-0.3, -0.25) is 9.59 Å². The molecular weight excluding hydrogens is 616 g/mol. The predicted octanol–water partition coefficient (Wildman–Crippen LogP) is 6.33. The van der Waals surface area contributed by atoms with Crippen LogP contribution in [0, 0.1) is 0 Å². The van der Waals surface area contributed by atoms with Crippen LogP contribution in [0.2, 0.25) is 0 Å². The molecule has 0 bridgehead atoms. The van der Waals surface area contributed by atoms with Gasteiger partial charge in [0.05, 0.1) is 53.6 Å². The molecule has 0 saturated carbocycles. The number of rotatable bonds is 10. The molecule has 48 heavy (non-hydrogen) atoms. The Morgan fingerprint density at radius 1 is 0.792 bits per heavy atom. The van der Waals surface area contributed by atoms with Crippen molar-refractivity contribution in [2.75, 3.05) is 41.7 Å². The lowest BCUT2D eigenvalue weighted by atomic mass is 9.84. The summed E-state index contributed by atoms with van der Waals surface area (Å²) in [4.78, 5) is 26.5. The molecule has 1 atom stereocenters. The number of fused-ring (bicyclic) bond motifs is 4. The van der Waals surface area contributed by atoms with Gasteiger partial charge in [0.25, 0.3) is 0 Å². The van der Waals surface area contributed by atoms with Gasteiger partial charge in [-0.25, -0.2) is 0 Å². The maximum Gasteiger partial charge on any atom is 0.312 e. The minimum atomic E-state index is -0.469. The van der Waals surface area contributed by atoms with Gasteiger partial charge in [-0.2, -0.15) is 0 Å². The Bertz CT molecular complexity index is 1960. The van der Waals surface area contributed by atoms with Gasteiger partial charge in [0.2, 0.25) is 11.5 Å². The van der Waals surface area contributed by atoms with Gasteiger partial charge in [0.15, 0.2) is 28.8 Å². The molecule has 0 aromatic heterocycles. The number of hydrogen-bond donors (Lipinski definition) is 0. The van der Waals surface area contributed by atoms with Crippen LogP contribution in [0.1, 0.15) is 50.5 Å². The smallest absolute Gasteiger partial charge is 0.312 e. The van der Waals surface area contributed by atoms with Crippen LogP contribution in [-0.2, 0) is 17.6 Å². The highest BCUT2D eigenvalue weighted by Crippen LogP contribution is 2.50. The Morgan fingerprint density at radius 3 is 2.38 bits per heavy atom. The maximum absolute atomic E-state index is 13.7. The van der Waals surface area contributed by atoms with E-state index in [-0.39, 0.29) is 23.9 Å². The van der Waals surface area contributed by atoms with E-state index in [9.17, 15) is 9.59 Å². The second-order valence-corrected chi connectivity index (χ2v) is 11.5. The van der Waals surface area contributed by atoms with Crippen LogP contribution >= 0.6 is 0 Å². The molecule has 3 heterocycles. The fraction of sp³-hybridized carbons (Fsp3) is 0.263. The number of methoxy groups -OCH3 is 4. The van der Waals surface area contributed by atoms with E-state index in [0.717, 1.165) is 23.3 Å².